The maximum Gasteiger partial charge on any atom is 0.214 e. The van der Waals surface area contributed by atoms with E-state index in [9.17, 15) is 13.5 Å². The molecular weight excluding hydrogens is 362 g/mol. The largest absolute Gasteiger partial charge is 0.457 e. The summed E-state index contributed by atoms with van der Waals surface area (Å²) in [5.74, 6) is 1.41. The van der Waals surface area contributed by atoms with E-state index in [1.165, 1.54) is 0 Å². The number of sulfonamides is 1. The molecule has 6 heteroatoms. The summed E-state index contributed by atoms with van der Waals surface area (Å²) in [5.41, 5.74) is -0.509. The second-order valence-corrected chi connectivity index (χ2v) is 9.64. The van der Waals surface area contributed by atoms with E-state index in [2.05, 4.69) is 4.72 Å². The van der Waals surface area contributed by atoms with Crippen LogP contribution in [0.2, 0.25) is 0 Å². The van der Waals surface area contributed by atoms with Gasteiger partial charge in [-0.1, -0.05) is 43.2 Å². The van der Waals surface area contributed by atoms with E-state index in [-0.39, 0.29) is 0 Å². The third kappa shape index (κ3) is 4.51. The molecule has 2 N–H and O–H groups in total. The summed E-state index contributed by atoms with van der Waals surface area (Å²) in [4.78, 5) is 0. The van der Waals surface area contributed by atoms with Crippen LogP contribution in [-0.4, -0.2) is 24.8 Å². The average Bonchev–Trinajstić information content (AvgIpc) is 2.65. The molecule has 1 aliphatic rings. The maximum absolute atomic E-state index is 12.3. The number of ether oxygens (including phenoxy) is 1. The van der Waals surface area contributed by atoms with Gasteiger partial charge >= 0.3 is 0 Å². The van der Waals surface area contributed by atoms with Gasteiger partial charge in [-0.15, -0.1) is 0 Å². The molecule has 0 aliphatic heterocycles. The van der Waals surface area contributed by atoms with Gasteiger partial charge in [0, 0.05) is 0 Å². The summed E-state index contributed by atoms with van der Waals surface area (Å²) >= 11 is 0. The van der Waals surface area contributed by atoms with Crippen molar-refractivity contribution in [2.24, 2.45) is 0 Å². The molecule has 2 atom stereocenters. The zero-order valence-corrected chi connectivity index (χ0v) is 16.6. The molecule has 0 unspecified atom stereocenters. The van der Waals surface area contributed by atoms with E-state index in [1.54, 1.807) is 13.8 Å². The summed E-state index contributed by atoms with van der Waals surface area (Å²) in [6.45, 7) is 3.28. The van der Waals surface area contributed by atoms with Crippen LogP contribution < -0.4 is 9.46 Å². The fourth-order valence-corrected chi connectivity index (χ4v) is 4.41. The molecule has 0 radical (unpaired) electrons. The third-order valence-electron chi connectivity index (χ3n) is 5.14. The Morgan fingerprint density at radius 3 is 2.30 bits per heavy atom. The lowest BCUT2D eigenvalue weighted by atomic mass is 9.76. The lowest BCUT2D eigenvalue weighted by Gasteiger charge is -2.41. The van der Waals surface area contributed by atoms with Crippen LogP contribution in [-0.2, 0) is 15.6 Å². The SMILES string of the molecule is CC(C)S(=O)(=O)N[C@H]1CCCC[C@]1(O)c1ccc(Oc2ccccc2)cc1. The van der Waals surface area contributed by atoms with Gasteiger partial charge in [-0.2, -0.15) is 0 Å². The van der Waals surface area contributed by atoms with Gasteiger partial charge in [0.2, 0.25) is 10.0 Å². The Morgan fingerprint density at radius 2 is 1.67 bits per heavy atom. The van der Waals surface area contributed by atoms with Crippen molar-refractivity contribution in [1.82, 2.24) is 4.72 Å². The first-order valence-electron chi connectivity index (χ1n) is 9.38. The zero-order valence-electron chi connectivity index (χ0n) is 15.8. The van der Waals surface area contributed by atoms with Crippen molar-refractivity contribution in [2.45, 2.75) is 56.4 Å². The Bertz CT molecular complexity index is 850. The molecule has 2 aromatic rings. The molecule has 3 rings (SSSR count). The molecule has 146 valence electrons. The minimum Gasteiger partial charge on any atom is -0.457 e. The molecular formula is C21H27NO4S. The van der Waals surface area contributed by atoms with Crippen molar-refractivity contribution in [1.29, 1.82) is 0 Å². The van der Waals surface area contributed by atoms with Gasteiger partial charge < -0.3 is 9.84 Å². The maximum atomic E-state index is 12.3. The molecule has 1 saturated carbocycles. The van der Waals surface area contributed by atoms with E-state index in [4.69, 9.17) is 4.74 Å². The van der Waals surface area contributed by atoms with Crippen LogP contribution in [0.5, 0.6) is 11.5 Å². The molecule has 0 bridgehead atoms. The van der Waals surface area contributed by atoms with E-state index in [0.29, 0.717) is 24.2 Å². The Labute approximate surface area is 161 Å². The Balaban J connectivity index is 1.81. The van der Waals surface area contributed by atoms with Crippen molar-refractivity contribution in [3.63, 3.8) is 0 Å². The number of benzene rings is 2. The van der Waals surface area contributed by atoms with E-state index in [1.807, 2.05) is 54.6 Å². The predicted molar refractivity (Wildman–Crippen MR) is 106 cm³/mol. The molecule has 27 heavy (non-hydrogen) atoms. The predicted octanol–water partition coefficient (Wildman–Crippen LogP) is 3.94. The van der Waals surface area contributed by atoms with Crippen LogP contribution in [0.15, 0.2) is 54.6 Å². The first kappa shape index (κ1) is 19.9. The highest BCUT2D eigenvalue weighted by molar-refractivity contribution is 7.90. The zero-order chi connectivity index (χ0) is 19.5. The first-order valence-corrected chi connectivity index (χ1v) is 10.9. The summed E-state index contributed by atoms with van der Waals surface area (Å²) in [6.07, 6.45) is 2.89. The minimum absolute atomic E-state index is 0.525. The van der Waals surface area contributed by atoms with Crippen molar-refractivity contribution in [3.8, 4) is 11.5 Å². The molecule has 0 heterocycles. The van der Waals surface area contributed by atoms with Crippen LogP contribution >= 0.6 is 0 Å². The topological polar surface area (TPSA) is 75.6 Å². The number of nitrogens with one attached hydrogen (secondary N) is 1. The lowest BCUT2D eigenvalue weighted by molar-refractivity contribution is -0.0250. The van der Waals surface area contributed by atoms with Gasteiger partial charge in [-0.25, -0.2) is 13.1 Å². The van der Waals surface area contributed by atoms with Gasteiger partial charge in [-0.05, 0) is 56.5 Å². The van der Waals surface area contributed by atoms with Crippen LogP contribution in [0.4, 0.5) is 0 Å². The first-order chi connectivity index (χ1) is 12.8. The van der Waals surface area contributed by atoms with Crippen molar-refractivity contribution >= 4 is 10.0 Å². The monoisotopic (exact) mass is 389 g/mol. The van der Waals surface area contributed by atoms with Crippen LogP contribution in [0.1, 0.15) is 45.1 Å². The quantitative estimate of drug-likeness (QED) is 0.785. The molecule has 2 aromatic carbocycles. The number of rotatable bonds is 6. The van der Waals surface area contributed by atoms with Crippen molar-refractivity contribution in [2.75, 3.05) is 0 Å². The Kier molecular flexibility index (Phi) is 5.89. The second kappa shape index (κ2) is 8.00. The summed E-state index contributed by atoms with van der Waals surface area (Å²) in [7, 11) is -3.46. The molecule has 0 spiro atoms. The van der Waals surface area contributed by atoms with Crippen molar-refractivity contribution in [3.05, 3.63) is 60.2 Å². The number of aliphatic hydroxyl groups is 1. The van der Waals surface area contributed by atoms with Crippen molar-refractivity contribution < 1.29 is 18.3 Å². The molecule has 1 fully saturated rings. The van der Waals surface area contributed by atoms with Crippen LogP contribution in [0.3, 0.4) is 0 Å². The Morgan fingerprint density at radius 1 is 1.04 bits per heavy atom. The Hall–Kier alpha value is -1.89. The number of hydrogen-bond donors (Lipinski definition) is 2. The summed E-state index contributed by atoms with van der Waals surface area (Å²) in [5, 5.41) is 10.8. The van der Waals surface area contributed by atoms with Gasteiger partial charge in [0.1, 0.15) is 17.1 Å². The van der Waals surface area contributed by atoms with E-state index in [0.717, 1.165) is 18.6 Å². The van der Waals surface area contributed by atoms with E-state index >= 15 is 0 Å². The highest BCUT2D eigenvalue weighted by Gasteiger charge is 2.42. The highest BCUT2D eigenvalue weighted by Crippen LogP contribution is 2.38. The van der Waals surface area contributed by atoms with Crippen LogP contribution in [0, 0.1) is 0 Å². The van der Waals surface area contributed by atoms with Gasteiger partial charge in [-0.3, -0.25) is 0 Å². The average molecular weight is 390 g/mol. The molecule has 5 nitrogen and oxygen atoms in total. The molecule has 0 amide bonds. The fourth-order valence-electron chi connectivity index (χ4n) is 3.43. The number of hydrogen-bond acceptors (Lipinski definition) is 4. The fraction of sp³-hybridized carbons (Fsp3) is 0.429. The third-order valence-corrected chi connectivity index (χ3v) is 6.99. The lowest BCUT2D eigenvalue weighted by Crippen LogP contribution is -2.53. The van der Waals surface area contributed by atoms with E-state index < -0.39 is 26.9 Å². The van der Waals surface area contributed by atoms with Gasteiger partial charge in [0.25, 0.3) is 0 Å². The van der Waals surface area contributed by atoms with Crippen LogP contribution in [0.25, 0.3) is 0 Å². The second-order valence-electron chi connectivity index (χ2n) is 7.37. The highest BCUT2D eigenvalue weighted by atomic mass is 32.2. The normalized spacial score (nSPS) is 23.3. The molecule has 0 aromatic heterocycles. The summed E-state index contributed by atoms with van der Waals surface area (Å²) < 4.78 is 33.2. The smallest absolute Gasteiger partial charge is 0.214 e. The standard InChI is InChI=1S/C21H27NO4S/c1-16(2)27(24,25)22-20-10-6-7-15-21(20,23)17-11-13-19(14-12-17)26-18-8-4-3-5-9-18/h3-5,8-9,11-14,16,20,22-23H,6-7,10,15H2,1-2H3/t20-,21-/m0/s1. The minimum atomic E-state index is -3.46. The molecule has 1 aliphatic carbocycles. The number of para-hydroxylation sites is 1. The summed E-state index contributed by atoms with van der Waals surface area (Å²) in [6, 6.07) is 16.2. The van der Waals surface area contributed by atoms with Gasteiger partial charge in [0.05, 0.1) is 11.3 Å². The molecule has 0 saturated heterocycles. The van der Waals surface area contributed by atoms with Gasteiger partial charge in [0.15, 0.2) is 0 Å².